The second-order valence-electron chi connectivity index (χ2n) is 6.46. The van der Waals surface area contributed by atoms with Crippen molar-refractivity contribution >= 4 is 11.4 Å². The number of nitro groups is 1. The summed E-state index contributed by atoms with van der Waals surface area (Å²) in [5.74, 6) is 1.25. The van der Waals surface area contributed by atoms with Gasteiger partial charge in [-0.05, 0) is 43.3 Å². The maximum atomic E-state index is 10.7. The second-order valence-corrected chi connectivity index (χ2v) is 6.46. The van der Waals surface area contributed by atoms with Crippen LogP contribution in [0.4, 0.5) is 5.69 Å². The molecule has 0 bridgehead atoms. The van der Waals surface area contributed by atoms with E-state index in [0.29, 0.717) is 24.7 Å². The predicted octanol–water partition coefficient (Wildman–Crippen LogP) is 4.76. The summed E-state index contributed by atoms with van der Waals surface area (Å²) in [6, 6.07) is 21.6. The number of rotatable bonds is 9. The molecule has 0 unspecified atom stereocenters. The van der Waals surface area contributed by atoms with Gasteiger partial charge in [0, 0.05) is 23.3 Å². The van der Waals surface area contributed by atoms with E-state index < -0.39 is 4.92 Å². The van der Waals surface area contributed by atoms with E-state index >= 15 is 0 Å². The molecule has 0 aromatic heterocycles. The molecule has 7 nitrogen and oxygen atoms in total. The molecule has 0 aliphatic carbocycles. The van der Waals surface area contributed by atoms with Crippen LogP contribution in [-0.4, -0.2) is 31.0 Å². The fraction of sp³-hybridized carbons (Fsp3) is 0.174. The van der Waals surface area contributed by atoms with Crippen molar-refractivity contribution in [2.45, 2.75) is 6.92 Å². The molecule has 0 fully saturated rings. The Morgan fingerprint density at radius 3 is 1.77 bits per heavy atom. The number of hydrogen-bond acceptors (Lipinski definition) is 6. The highest BCUT2D eigenvalue weighted by Crippen LogP contribution is 2.19. The van der Waals surface area contributed by atoms with E-state index in [2.05, 4.69) is 5.16 Å². The molecule has 0 radical (unpaired) electrons. The zero-order valence-electron chi connectivity index (χ0n) is 16.8. The molecular weight excluding hydrogens is 384 g/mol. The van der Waals surface area contributed by atoms with Crippen LogP contribution in [0.3, 0.4) is 0 Å². The first-order valence-electron chi connectivity index (χ1n) is 9.35. The molecule has 0 saturated heterocycles. The first-order valence-corrected chi connectivity index (χ1v) is 9.35. The maximum absolute atomic E-state index is 10.7. The molecule has 0 spiro atoms. The number of hydrogen-bond donors (Lipinski definition) is 0. The number of ether oxygens (including phenoxy) is 2. The van der Waals surface area contributed by atoms with Gasteiger partial charge in [-0.2, -0.15) is 0 Å². The van der Waals surface area contributed by atoms with Gasteiger partial charge in [-0.15, -0.1) is 0 Å². The Labute approximate surface area is 174 Å². The first-order chi connectivity index (χ1) is 14.6. The van der Waals surface area contributed by atoms with E-state index in [0.717, 1.165) is 16.8 Å². The molecule has 0 saturated carbocycles. The van der Waals surface area contributed by atoms with E-state index in [1.54, 1.807) is 12.1 Å². The van der Waals surface area contributed by atoms with Gasteiger partial charge in [-0.3, -0.25) is 10.1 Å². The quantitative estimate of drug-likeness (QED) is 0.221. The minimum absolute atomic E-state index is 0.0284. The summed E-state index contributed by atoms with van der Waals surface area (Å²) < 4.78 is 11.2. The van der Waals surface area contributed by atoms with Crippen LogP contribution in [0.5, 0.6) is 11.5 Å². The summed E-state index contributed by atoms with van der Waals surface area (Å²) in [5.41, 5.74) is 3.82. The average Bonchev–Trinajstić information content (AvgIpc) is 2.77. The van der Waals surface area contributed by atoms with Crippen LogP contribution in [-0.2, 0) is 4.84 Å². The topological polar surface area (TPSA) is 83.2 Å². The van der Waals surface area contributed by atoms with Crippen LogP contribution in [0.25, 0.3) is 0 Å². The third-order valence-corrected chi connectivity index (χ3v) is 4.30. The molecule has 0 amide bonds. The van der Waals surface area contributed by atoms with Crippen molar-refractivity contribution in [1.82, 2.24) is 0 Å². The van der Waals surface area contributed by atoms with Crippen LogP contribution < -0.4 is 9.47 Å². The van der Waals surface area contributed by atoms with Gasteiger partial charge in [0.15, 0.2) is 0 Å². The molecule has 3 aromatic carbocycles. The zero-order chi connectivity index (χ0) is 21.3. The van der Waals surface area contributed by atoms with Gasteiger partial charge >= 0.3 is 0 Å². The third kappa shape index (κ3) is 5.57. The van der Waals surface area contributed by atoms with Crippen molar-refractivity contribution in [2.75, 3.05) is 20.3 Å². The SMILES string of the molecule is CO/N=C(/c1ccc(C)cc1)c1ccc(OCCOc2ccc([N+](=O)[O-])cc2)cc1. The van der Waals surface area contributed by atoms with Crippen molar-refractivity contribution in [3.8, 4) is 11.5 Å². The number of benzene rings is 3. The highest BCUT2D eigenvalue weighted by Gasteiger charge is 2.09. The van der Waals surface area contributed by atoms with Crippen LogP contribution in [0.1, 0.15) is 16.7 Å². The molecule has 0 aliphatic heterocycles. The van der Waals surface area contributed by atoms with Gasteiger partial charge in [-0.1, -0.05) is 35.0 Å². The molecular formula is C23H22N2O5. The Kier molecular flexibility index (Phi) is 7.00. The summed E-state index contributed by atoms with van der Waals surface area (Å²) in [7, 11) is 1.52. The summed E-state index contributed by atoms with van der Waals surface area (Å²) in [6.45, 7) is 2.70. The van der Waals surface area contributed by atoms with Gasteiger partial charge in [0.05, 0.1) is 4.92 Å². The van der Waals surface area contributed by atoms with Gasteiger partial charge < -0.3 is 14.3 Å². The van der Waals surface area contributed by atoms with Crippen molar-refractivity contribution in [1.29, 1.82) is 0 Å². The monoisotopic (exact) mass is 406 g/mol. The summed E-state index contributed by atoms with van der Waals surface area (Å²) in [4.78, 5) is 15.2. The normalized spacial score (nSPS) is 11.1. The smallest absolute Gasteiger partial charge is 0.269 e. The first kappa shape index (κ1) is 20.9. The van der Waals surface area contributed by atoms with E-state index in [-0.39, 0.29) is 5.69 Å². The Morgan fingerprint density at radius 2 is 1.30 bits per heavy atom. The lowest BCUT2D eigenvalue weighted by atomic mass is 10.0. The highest BCUT2D eigenvalue weighted by atomic mass is 16.6. The lowest BCUT2D eigenvalue weighted by molar-refractivity contribution is -0.384. The fourth-order valence-corrected chi connectivity index (χ4v) is 2.77. The molecule has 3 aromatic rings. The third-order valence-electron chi connectivity index (χ3n) is 4.30. The molecule has 0 atom stereocenters. The van der Waals surface area contributed by atoms with E-state index in [4.69, 9.17) is 14.3 Å². The Morgan fingerprint density at radius 1 is 0.833 bits per heavy atom. The van der Waals surface area contributed by atoms with Gasteiger partial charge in [-0.25, -0.2) is 0 Å². The summed E-state index contributed by atoms with van der Waals surface area (Å²) in [6.07, 6.45) is 0. The molecule has 3 rings (SSSR count). The lowest BCUT2D eigenvalue weighted by Crippen LogP contribution is -2.09. The number of aryl methyl sites for hydroxylation is 1. The number of nitrogens with zero attached hydrogens (tertiary/aromatic N) is 2. The zero-order valence-corrected chi connectivity index (χ0v) is 16.8. The molecule has 7 heteroatoms. The molecule has 0 N–H and O–H groups in total. The lowest BCUT2D eigenvalue weighted by Gasteiger charge is -2.10. The van der Waals surface area contributed by atoms with Crippen molar-refractivity contribution < 1.29 is 19.2 Å². The van der Waals surface area contributed by atoms with Gasteiger partial charge in [0.25, 0.3) is 5.69 Å². The Bertz CT molecular complexity index is 997. The van der Waals surface area contributed by atoms with E-state index in [9.17, 15) is 10.1 Å². The van der Waals surface area contributed by atoms with Crippen LogP contribution >= 0.6 is 0 Å². The van der Waals surface area contributed by atoms with Crippen LogP contribution in [0.15, 0.2) is 78.0 Å². The molecule has 0 aliphatic rings. The predicted molar refractivity (Wildman–Crippen MR) is 114 cm³/mol. The van der Waals surface area contributed by atoms with Crippen LogP contribution in [0.2, 0.25) is 0 Å². The molecule has 30 heavy (non-hydrogen) atoms. The molecule has 0 heterocycles. The summed E-state index contributed by atoms with van der Waals surface area (Å²) in [5, 5.41) is 14.8. The minimum atomic E-state index is -0.446. The average molecular weight is 406 g/mol. The Balaban J connectivity index is 1.55. The van der Waals surface area contributed by atoms with Crippen molar-refractivity contribution in [3.63, 3.8) is 0 Å². The Hall–Kier alpha value is -3.87. The number of nitro benzene ring substituents is 1. The number of non-ortho nitro benzene ring substituents is 1. The summed E-state index contributed by atoms with van der Waals surface area (Å²) >= 11 is 0. The van der Waals surface area contributed by atoms with Crippen molar-refractivity contribution in [3.05, 3.63) is 99.6 Å². The largest absolute Gasteiger partial charge is 0.490 e. The van der Waals surface area contributed by atoms with Gasteiger partial charge in [0.1, 0.15) is 37.5 Å². The van der Waals surface area contributed by atoms with E-state index in [1.807, 2.05) is 55.5 Å². The van der Waals surface area contributed by atoms with Crippen molar-refractivity contribution in [2.24, 2.45) is 5.16 Å². The minimum Gasteiger partial charge on any atom is -0.490 e. The number of oxime groups is 1. The van der Waals surface area contributed by atoms with Gasteiger partial charge in [0.2, 0.25) is 0 Å². The van der Waals surface area contributed by atoms with E-state index in [1.165, 1.54) is 24.8 Å². The maximum Gasteiger partial charge on any atom is 0.269 e. The highest BCUT2D eigenvalue weighted by molar-refractivity contribution is 6.12. The second kappa shape index (κ2) is 10.1. The standard InChI is InChI=1S/C23H22N2O5/c1-17-3-5-18(6-4-17)23(24-28-2)19-7-11-21(12-8-19)29-15-16-30-22-13-9-20(10-14-22)25(26)27/h3-14H,15-16H2,1-2H3/b24-23-. The van der Waals surface area contributed by atoms with Crippen LogP contribution in [0, 0.1) is 17.0 Å². The fourth-order valence-electron chi connectivity index (χ4n) is 2.77. The molecule has 154 valence electrons.